The number of hydrogen-bond donors (Lipinski definition) is 1. The number of nitrogens with one attached hydrogen (secondary N) is 1. The van der Waals surface area contributed by atoms with Gasteiger partial charge in [-0.1, -0.05) is 6.07 Å². The minimum Gasteiger partial charge on any atom is -0.466 e. The van der Waals surface area contributed by atoms with E-state index in [1.807, 2.05) is 12.1 Å². The maximum atomic E-state index is 11.8. The van der Waals surface area contributed by atoms with Crippen LogP contribution >= 0.6 is 0 Å². The van der Waals surface area contributed by atoms with Gasteiger partial charge in [0, 0.05) is 18.5 Å². The number of hydrogen-bond acceptors (Lipinski definition) is 3. The predicted octanol–water partition coefficient (Wildman–Crippen LogP) is 1.55. The first-order valence-electron chi connectivity index (χ1n) is 5.60. The second-order valence-corrected chi connectivity index (χ2v) is 4.10. The van der Waals surface area contributed by atoms with E-state index in [1.54, 1.807) is 6.07 Å². The maximum absolute atomic E-state index is 11.8. The van der Waals surface area contributed by atoms with Gasteiger partial charge in [-0.2, -0.15) is 0 Å². The van der Waals surface area contributed by atoms with Gasteiger partial charge in [0.25, 0.3) is 0 Å². The number of carbonyl (C=O) groups excluding carboxylic acids is 2. The molecular weight excluding hydrogens is 218 g/mol. The molecule has 0 aliphatic carbocycles. The molecule has 1 aliphatic rings. The average Bonchev–Trinajstić information content (AvgIpc) is 2.29. The molecule has 17 heavy (non-hydrogen) atoms. The summed E-state index contributed by atoms with van der Waals surface area (Å²) in [6.45, 7) is 1.66. The van der Waals surface area contributed by atoms with E-state index in [-0.39, 0.29) is 17.8 Å². The van der Waals surface area contributed by atoms with Gasteiger partial charge in [0.15, 0.2) is 0 Å². The van der Waals surface area contributed by atoms with Gasteiger partial charge in [0.2, 0.25) is 5.91 Å². The lowest BCUT2D eigenvalue weighted by Gasteiger charge is -2.24. The van der Waals surface area contributed by atoms with Gasteiger partial charge in [0.1, 0.15) is 0 Å². The molecule has 1 heterocycles. The van der Waals surface area contributed by atoms with Crippen LogP contribution in [0.2, 0.25) is 0 Å². The van der Waals surface area contributed by atoms with Crippen molar-refractivity contribution in [1.82, 2.24) is 0 Å². The van der Waals surface area contributed by atoms with E-state index in [0.717, 1.165) is 11.3 Å². The third-order valence-corrected chi connectivity index (χ3v) is 2.82. The number of benzene rings is 1. The van der Waals surface area contributed by atoms with Gasteiger partial charge >= 0.3 is 5.97 Å². The van der Waals surface area contributed by atoms with Crippen LogP contribution in [0.4, 0.5) is 5.69 Å². The van der Waals surface area contributed by atoms with Crippen LogP contribution in [0.25, 0.3) is 0 Å². The van der Waals surface area contributed by atoms with E-state index in [2.05, 4.69) is 11.4 Å². The molecule has 1 aliphatic heterocycles. The molecule has 1 N–H and O–H groups in total. The molecule has 1 aromatic carbocycles. The topological polar surface area (TPSA) is 55.4 Å². The van der Waals surface area contributed by atoms with Gasteiger partial charge in [-0.05, 0) is 36.6 Å². The van der Waals surface area contributed by atoms with Crippen molar-refractivity contribution in [3.8, 4) is 0 Å². The largest absolute Gasteiger partial charge is 0.466 e. The SMILES string of the molecule is CC(=O)OCCC1Cc2c[c]ccc2NC1=O. The number of anilines is 1. The summed E-state index contributed by atoms with van der Waals surface area (Å²) in [5.74, 6) is -0.441. The summed E-state index contributed by atoms with van der Waals surface area (Å²) in [5.41, 5.74) is 1.94. The van der Waals surface area contributed by atoms with Crippen molar-refractivity contribution in [3.63, 3.8) is 0 Å². The summed E-state index contributed by atoms with van der Waals surface area (Å²) in [6, 6.07) is 8.49. The van der Waals surface area contributed by atoms with Crippen LogP contribution in [-0.4, -0.2) is 18.5 Å². The first-order chi connectivity index (χ1) is 8.16. The lowest BCUT2D eigenvalue weighted by atomic mass is 9.91. The summed E-state index contributed by atoms with van der Waals surface area (Å²) < 4.78 is 4.85. The van der Waals surface area contributed by atoms with Gasteiger partial charge in [-0.3, -0.25) is 9.59 Å². The number of carbonyl (C=O) groups is 2. The Balaban J connectivity index is 1.98. The van der Waals surface area contributed by atoms with Crippen LogP contribution in [-0.2, 0) is 20.7 Å². The standard InChI is InChI=1S/C13H14NO3/c1-9(15)17-7-6-11-8-10-4-2-3-5-12(10)14-13(11)16/h3-5,11H,6-8H2,1H3,(H,14,16). The minimum absolute atomic E-state index is 0.00384. The average molecular weight is 232 g/mol. The predicted molar refractivity (Wildman–Crippen MR) is 62.4 cm³/mol. The zero-order chi connectivity index (χ0) is 12.3. The van der Waals surface area contributed by atoms with E-state index in [4.69, 9.17) is 4.74 Å². The molecular formula is C13H14NO3. The van der Waals surface area contributed by atoms with Crippen molar-refractivity contribution in [2.24, 2.45) is 5.92 Å². The quantitative estimate of drug-likeness (QED) is 0.804. The minimum atomic E-state index is -0.310. The first-order valence-corrected chi connectivity index (χ1v) is 5.60. The summed E-state index contributed by atoms with van der Waals surface area (Å²) in [6.07, 6.45) is 1.24. The second-order valence-electron chi connectivity index (χ2n) is 4.10. The van der Waals surface area contributed by atoms with Crippen molar-refractivity contribution in [2.45, 2.75) is 19.8 Å². The van der Waals surface area contributed by atoms with Gasteiger partial charge in [-0.25, -0.2) is 0 Å². The van der Waals surface area contributed by atoms with Gasteiger partial charge < -0.3 is 10.1 Å². The highest BCUT2D eigenvalue weighted by Crippen LogP contribution is 2.26. The molecule has 0 spiro atoms. The molecule has 4 nitrogen and oxygen atoms in total. The Kier molecular flexibility index (Phi) is 3.42. The van der Waals surface area contributed by atoms with Crippen molar-refractivity contribution in [1.29, 1.82) is 0 Å². The molecule has 0 saturated heterocycles. The van der Waals surface area contributed by atoms with Gasteiger partial charge in [-0.15, -0.1) is 0 Å². The molecule has 0 fully saturated rings. The molecule has 89 valence electrons. The van der Waals surface area contributed by atoms with Crippen LogP contribution in [0.15, 0.2) is 18.2 Å². The molecule has 2 rings (SSSR count). The Morgan fingerprint density at radius 3 is 3.24 bits per heavy atom. The van der Waals surface area contributed by atoms with Crippen molar-refractivity contribution in [2.75, 3.05) is 11.9 Å². The van der Waals surface area contributed by atoms with Gasteiger partial charge in [0.05, 0.1) is 6.61 Å². The number of rotatable bonds is 3. The molecule has 1 amide bonds. The number of fused-ring (bicyclic) bond motifs is 1. The fourth-order valence-electron chi connectivity index (χ4n) is 1.93. The van der Waals surface area contributed by atoms with Crippen molar-refractivity contribution < 1.29 is 14.3 Å². The Morgan fingerprint density at radius 2 is 2.47 bits per heavy atom. The highest BCUT2D eigenvalue weighted by Gasteiger charge is 2.25. The Bertz CT molecular complexity index is 442. The molecule has 0 bridgehead atoms. The lowest BCUT2D eigenvalue weighted by Crippen LogP contribution is -2.30. The Labute approximate surface area is 100.0 Å². The number of esters is 1. The fourth-order valence-corrected chi connectivity index (χ4v) is 1.93. The van der Waals surface area contributed by atoms with E-state index in [0.29, 0.717) is 19.4 Å². The zero-order valence-electron chi connectivity index (χ0n) is 9.66. The third-order valence-electron chi connectivity index (χ3n) is 2.82. The Morgan fingerprint density at radius 1 is 1.65 bits per heavy atom. The zero-order valence-corrected chi connectivity index (χ0v) is 9.66. The lowest BCUT2D eigenvalue weighted by molar-refractivity contribution is -0.142. The molecule has 4 heteroatoms. The number of ether oxygens (including phenoxy) is 1. The summed E-state index contributed by atoms with van der Waals surface area (Å²) in [5, 5.41) is 2.85. The van der Waals surface area contributed by atoms with Crippen LogP contribution in [0.5, 0.6) is 0 Å². The van der Waals surface area contributed by atoms with Crippen LogP contribution in [0.3, 0.4) is 0 Å². The molecule has 1 unspecified atom stereocenters. The molecule has 1 atom stereocenters. The second kappa shape index (κ2) is 4.99. The third kappa shape index (κ3) is 2.84. The van der Waals surface area contributed by atoms with Crippen LogP contribution in [0.1, 0.15) is 18.9 Å². The monoisotopic (exact) mass is 232 g/mol. The Hall–Kier alpha value is -1.84. The van der Waals surface area contributed by atoms with E-state index >= 15 is 0 Å². The normalized spacial score (nSPS) is 18.2. The summed E-state index contributed by atoms with van der Waals surface area (Å²) in [7, 11) is 0. The highest BCUT2D eigenvalue weighted by atomic mass is 16.5. The van der Waals surface area contributed by atoms with Crippen LogP contribution in [0, 0.1) is 12.0 Å². The van der Waals surface area contributed by atoms with Crippen molar-refractivity contribution >= 4 is 17.6 Å². The maximum Gasteiger partial charge on any atom is 0.302 e. The van der Waals surface area contributed by atoms with Crippen LogP contribution < -0.4 is 5.32 Å². The summed E-state index contributed by atoms with van der Waals surface area (Å²) >= 11 is 0. The summed E-state index contributed by atoms with van der Waals surface area (Å²) in [4.78, 5) is 22.4. The van der Waals surface area contributed by atoms with Crippen molar-refractivity contribution in [3.05, 3.63) is 29.8 Å². The number of amides is 1. The van der Waals surface area contributed by atoms with E-state index < -0.39 is 0 Å². The molecule has 1 radical (unpaired) electrons. The molecule has 1 aromatic rings. The van der Waals surface area contributed by atoms with E-state index in [9.17, 15) is 9.59 Å². The smallest absolute Gasteiger partial charge is 0.302 e. The first kappa shape index (κ1) is 11.6. The molecule has 0 aromatic heterocycles. The fraction of sp³-hybridized carbons (Fsp3) is 0.385. The molecule has 0 saturated carbocycles. The van der Waals surface area contributed by atoms with E-state index in [1.165, 1.54) is 6.92 Å². The highest BCUT2D eigenvalue weighted by molar-refractivity contribution is 5.95.